The summed E-state index contributed by atoms with van der Waals surface area (Å²) in [4.78, 5) is 2.61. The summed E-state index contributed by atoms with van der Waals surface area (Å²) in [6.07, 6.45) is 2.14. The third-order valence-electron chi connectivity index (χ3n) is 6.27. The highest BCUT2D eigenvalue weighted by atomic mass is 19.1. The molecule has 136 valence electrons. The normalized spacial score (nSPS) is 26.5. The van der Waals surface area contributed by atoms with Gasteiger partial charge in [-0.3, -0.25) is 4.90 Å². The van der Waals surface area contributed by atoms with E-state index in [0.717, 1.165) is 24.9 Å². The van der Waals surface area contributed by atoms with E-state index in [0.29, 0.717) is 18.0 Å². The molecule has 26 heavy (non-hydrogen) atoms. The van der Waals surface area contributed by atoms with Crippen molar-refractivity contribution in [2.75, 3.05) is 0 Å². The van der Waals surface area contributed by atoms with Crippen molar-refractivity contribution in [2.45, 2.75) is 58.2 Å². The first-order chi connectivity index (χ1) is 12.4. The maximum Gasteiger partial charge on any atom is 0.123 e. The highest BCUT2D eigenvalue weighted by Crippen LogP contribution is 2.60. The lowest BCUT2D eigenvalue weighted by Crippen LogP contribution is -2.56. The van der Waals surface area contributed by atoms with E-state index >= 15 is 0 Å². The van der Waals surface area contributed by atoms with E-state index in [2.05, 4.69) is 56.5 Å². The zero-order valence-corrected chi connectivity index (χ0v) is 16.0. The Hall–Kier alpha value is -1.93. The second-order valence-corrected chi connectivity index (χ2v) is 8.85. The third kappa shape index (κ3) is 2.91. The van der Waals surface area contributed by atoms with E-state index in [4.69, 9.17) is 0 Å². The van der Waals surface area contributed by atoms with Crippen molar-refractivity contribution < 1.29 is 4.39 Å². The largest absolute Gasteiger partial charge is 0.288 e. The van der Waals surface area contributed by atoms with Gasteiger partial charge in [-0.1, -0.05) is 55.8 Å². The van der Waals surface area contributed by atoms with Crippen LogP contribution in [0.5, 0.6) is 0 Å². The van der Waals surface area contributed by atoms with E-state index in [9.17, 15) is 4.39 Å². The van der Waals surface area contributed by atoms with E-state index in [1.54, 1.807) is 6.07 Å². The van der Waals surface area contributed by atoms with Crippen molar-refractivity contribution in [3.63, 3.8) is 0 Å². The van der Waals surface area contributed by atoms with Gasteiger partial charge in [0.2, 0.25) is 0 Å². The fraction of sp³-hybridized carbons (Fsp3) is 0.417. The maximum absolute atomic E-state index is 13.7. The van der Waals surface area contributed by atoms with Gasteiger partial charge in [-0.15, -0.1) is 6.58 Å². The molecule has 2 aliphatic heterocycles. The van der Waals surface area contributed by atoms with Crippen LogP contribution < -0.4 is 0 Å². The minimum Gasteiger partial charge on any atom is -0.288 e. The maximum atomic E-state index is 13.7. The smallest absolute Gasteiger partial charge is 0.123 e. The molecule has 2 bridgehead atoms. The highest BCUT2D eigenvalue weighted by molar-refractivity contribution is 5.42. The molecule has 1 aliphatic carbocycles. The summed E-state index contributed by atoms with van der Waals surface area (Å²) in [5, 5.41) is 0. The summed E-state index contributed by atoms with van der Waals surface area (Å²) in [5.41, 5.74) is 5.51. The van der Waals surface area contributed by atoms with Crippen LogP contribution in [-0.2, 0) is 6.54 Å². The molecular formula is C24H28FN. The average Bonchev–Trinajstić information content (AvgIpc) is 2.56. The number of hydrogen-bond acceptors (Lipinski definition) is 1. The first-order valence-corrected chi connectivity index (χ1v) is 9.60. The number of rotatable bonds is 4. The van der Waals surface area contributed by atoms with E-state index in [1.165, 1.54) is 22.8 Å². The fourth-order valence-corrected chi connectivity index (χ4v) is 5.37. The van der Waals surface area contributed by atoms with Crippen molar-refractivity contribution in [2.24, 2.45) is 5.41 Å². The van der Waals surface area contributed by atoms with Crippen molar-refractivity contribution in [3.05, 3.63) is 83.2 Å². The molecule has 0 aromatic heterocycles. The van der Waals surface area contributed by atoms with Gasteiger partial charge < -0.3 is 0 Å². The standard InChI is InChI=1S/C24H28FN/c1-16(2)12-21-23-20-11-6-5-10-19(20)22(14-24(23,3)4)26(21)15-17-8-7-9-18(25)13-17/h5-11,13,21-23H,1,12,14-15H2,2-4H3. The van der Waals surface area contributed by atoms with E-state index < -0.39 is 0 Å². The van der Waals surface area contributed by atoms with Gasteiger partial charge in [0.25, 0.3) is 0 Å². The number of hydrogen-bond donors (Lipinski definition) is 0. The minimum atomic E-state index is -0.151. The molecule has 5 rings (SSSR count). The molecule has 1 saturated heterocycles. The van der Waals surface area contributed by atoms with Gasteiger partial charge in [-0.2, -0.15) is 0 Å². The molecule has 1 nitrogen and oxygen atoms in total. The highest BCUT2D eigenvalue weighted by Gasteiger charge is 2.53. The lowest BCUT2D eigenvalue weighted by Gasteiger charge is -2.59. The second-order valence-electron chi connectivity index (χ2n) is 8.85. The Balaban J connectivity index is 1.79. The predicted octanol–water partition coefficient (Wildman–Crippen LogP) is 6.23. The Kier molecular flexibility index (Phi) is 4.27. The fourth-order valence-electron chi connectivity index (χ4n) is 5.37. The van der Waals surface area contributed by atoms with Gasteiger partial charge in [0.15, 0.2) is 0 Å². The summed E-state index contributed by atoms with van der Waals surface area (Å²) in [7, 11) is 0. The van der Waals surface area contributed by atoms with Gasteiger partial charge >= 0.3 is 0 Å². The number of nitrogens with zero attached hydrogens (tertiary/aromatic N) is 1. The van der Waals surface area contributed by atoms with Crippen LogP contribution in [0, 0.1) is 11.2 Å². The summed E-state index contributed by atoms with van der Waals surface area (Å²) < 4.78 is 13.7. The second kappa shape index (κ2) is 6.35. The minimum absolute atomic E-state index is 0.151. The van der Waals surface area contributed by atoms with Crippen molar-refractivity contribution >= 4 is 0 Å². The number of fused-ring (bicyclic) bond motifs is 2. The molecule has 3 atom stereocenters. The zero-order chi connectivity index (χ0) is 18.5. The quantitative estimate of drug-likeness (QED) is 0.591. The van der Waals surface area contributed by atoms with Crippen LogP contribution in [0.25, 0.3) is 0 Å². The van der Waals surface area contributed by atoms with Gasteiger partial charge in [-0.25, -0.2) is 4.39 Å². The molecule has 1 fully saturated rings. The lowest BCUT2D eigenvalue weighted by atomic mass is 9.57. The third-order valence-corrected chi connectivity index (χ3v) is 6.27. The molecule has 0 spiro atoms. The van der Waals surface area contributed by atoms with Crippen molar-refractivity contribution in [3.8, 4) is 0 Å². The molecule has 2 aromatic carbocycles. The molecule has 0 amide bonds. The molecule has 3 aliphatic rings. The Morgan fingerprint density at radius 1 is 1.15 bits per heavy atom. The Bertz CT molecular complexity index is 838. The van der Waals surface area contributed by atoms with Crippen molar-refractivity contribution in [1.82, 2.24) is 4.90 Å². The molecular weight excluding hydrogens is 321 g/mol. The summed E-state index contributed by atoms with van der Waals surface area (Å²) >= 11 is 0. The van der Waals surface area contributed by atoms with Crippen LogP contribution in [0.4, 0.5) is 4.39 Å². The molecule has 2 heterocycles. The SMILES string of the molecule is C=C(C)CC1C2c3ccccc3C(CC2(C)C)N1Cc1cccc(F)c1. The van der Waals surface area contributed by atoms with Gasteiger partial charge in [0.05, 0.1) is 0 Å². The van der Waals surface area contributed by atoms with Gasteiger partial charge in [0.1, 0.15) is 5.82 Å². The van der Waals surface area contributed by atoms with Crippen LogP contribution >= 0.6 is 0 Å². The van der Waals surface area contributed by atoms with Crippen LogP contribution in [0.1, 0.15) is 62.3 Å². The van der Waals surface area contributed by atoms with Crippen LogP contribution in [0.3, 0.4) is 0 Å². The monoisotopic (exact) mass is 349 g/mol. The number of halogens is 1. The number of piperidine rings is 1. The van der Waals surface area contributed by atoms with Gasteiger partial charge in [0, 0.05) is 24.5 Å². The molecule has 0 saturated carbocycles. The van der Waals surface area contributed by atoms with Crippen LogP contribution in [0.2, 0.25) is 0 Å². The lowest BCUT2D eigenvalue weighted by molar-refractivity contribution is -0.0313. The number of benzene rings is 2. The first kappa shape index (κ1) is 17.5. The Labute approximate surface area is 156 Å². The Morgan fingerprint density at radius 3 is 2.58 bits per heavy atom. The summed E-state index contributed by atoms with van der Waals surface area (Å²) in [5.74, 6) is 0.329. The Morgan fingerprint density at radius 2 is 1.88 bits per heavy atom. The summed E-state index contributed by atoms with van der Waals surface area (Å²) in [6, 6.07) is 16.8. The first-order valence-electron chi connectivity index (χ1n) is 9.60. The molecule has 0 radical (unpaired) electrons. The van der Waals surface area contributed by atoms with E-state index in [1.807, 2.05) is 12.1 Å². The zero-order valence-electron chi connectivity index (χ0n) is 16.0. The molecule has 2 aromatic rings. The van der Waals surface area contributed by atoms with Crippen LogP contribution in [0.15, 0.2) is 60.7 Å². The molecule has 2 heteroatoms. The molecule has 0 N–H and O–H groups in total. The molecule has 3 unspecified atom stereocenters. The summed E-state index contributed by atoms with van der Waals surface area (Å²) in [6.45, 7) is 11.9. The topological polar surface area (TPSA) is 3.24 Å². The van der Waals surface area contributed by atoms with Crippen LogP contribution in [-0.4, -0.2) is 10.9 Å². The van der Waals surface area contributed by atoms with E-state index in [-0.39, 0.29) is 11.2 Å². The van der Waals surface area contributed by atoms with Crippen molar-refractivity contribution in [1.29, 1.82) is 0 Å². The predicted molar refractivity (Wildman–Crippen MR) is 105 cm³/mol. The van der Waals surface area contributed by atoms with Gasteiger partial charge in [-0.05, 0) is 54.0 Å². The average molecular weight is 349 g/mol.